The highest BCUT2D eigenvalue weighted by Gasteiger charge is 2.41. The third kappa shape index (κ3) is 7.58. The van der Waals surface area contributed by atoms with Crippen molar-refractivity contribution in [3.05, 3.63) is 29.8 Å². The fraction of sp³-hybridized carbons (Fsp3) is 0.615. The fourth-order valence-corrected chi connectivity index (χ4v) is 4.80. The molecule has 1 aromatic carbocycles. The van der Waals surface area contributed by atoms with Crippen molar-refractivity contribution in [2.75, 3.05) is 46.9 Å². The maximum atomic E-state index is 13.6. The van der Waals surface area contributed by atoms with Crippen LogP contribution in [0.15, 0.2) is 24.3 Å². The van der Waals surface area contributed by atoms with Crippen LogP contribution in [0, 0.1) is 5.92 Å². The molecule has 11 heteroatoms. The van der Waals surface area contributed by atoms with Crippen molar-refractivity contribution in [3.8, 4) is 5.75 Å². The quantitative estimate of drug-likeness (QED) is 0.398. The number of nitrogens with two attached hydrogens (primary N) is 1. The van der Waals surface area contributed by atoms with Crippen molar-refractivity contribution >= 4 is 23.8 Å². The van der Waals surface area contributed by atoms with Crippen LogP contribution in [0.5, 0.6) is 5.75 Å². The number of amides is 4. The van der Waals surface area contributed by atoms with E-state index in [0.29, 0.717) is 12.3 Å². The second-order valence-electron chi connectivity index (χ2n) is 9.87. The SMILES string of the molecule is COC(=O)[C@H](Cc1ccc(OC)cc1)NC(=O)[C@@H]1CN(C(=O)NC(C)C)CCN1C(=O)C1CC[NH2+]CC1. The molecule has 2 aliphatic rings. The summed E-state index contributed by atoms with van der Waals surface area (Å²) in [5.41, 5.74) is 0.810. The van der Waals surface area contributed by atoms with Gasteiger partial charge in [-0.15, -0.1) is 0 Å². The lowest BCUT2D eigenvalue weighted by molar-refractivity contribution is -0.664. The van der Waals surface area contributed by atoms with Crippen molar-refractivity contribution in [1.29, 1.82) is 0 Å². The van der Waals surface area contributed by atoms with Crippen LogP contribution in [0.4, 0.5) is 4.79 Å². The van der Waals surface area contributed by atoms with Gasteiger partial charge in [0, 0.05) is 44.3 Å². The number of piperidine rings is 1. The summed E-state index contributed by atoms with van der Waals surface area (Å²) in [6.45, 7) is 6.10. The summed E-state index contributed by atoms with van der Waals surface area (Å²) in [6, 6.07) is 4.98. The molecular weight excluding hydrogens is 478 g/mol. The van der Waals surface area contributed by atoms with E-state index in [2.05, 4.69) is 16.0 Å². The average molecular weight is 519 g/mol. The van der Waals surface area contributed by atoms with Crippen molar-refractivity contribution in [2.45, 2.75) is 51.2 Å². The maximum Gasteiger partial charge on any atom is 0.328 e. The number of quaternary nitrogens is 1. The number of hydrogen-bond acceptors (Lipinski definition) is 6. The number of carbonyl (C=O) groups is 4. The number of carbonyl (C=O) groups excluding carboxylic acids is 4. The Labute approximate surface area is 218 Å². The number of piperazine rings is 1. The van der Waals surface area contributed by atoms with Gasteiger partial charge in [-0.05, 0) is 31.5 Å². The van der Waals surface area contributed by atoms with Crippen molar-refractivity contribution in [2.24, 2.45) is 5.92 Å². The number of rotatable bonds is 8. The second-order valence-corrected chi connectivity index (χ2v) is 9.87. The number of urea groups is 1. The lowest BCUT2D eigenvalue weighted by atomic mass is 9.95. The molecule has 0 aromatic heterocycles. The highest BCUT2D eigenvalue weighted by molar-refractivity contribution is 5.92. The van der Waals surface area contributed by atoms with Gasteiger partial charge in [-0.1, -0.05) is 12.1 Å². The summed E-state index contributed by atoms with van der Waals surface area (Å²) in [5, 5.41) is 7.84. The zero-order chi connectivity index (χ0) is 26.9. The third-order valence-electron chi connectivity index (χ3n) is 6.85. The van der Waals surface area contributed by atoms with Crippen LogP contribution >= 0.6 is 0 Å². The van der Waals surface area contributed by atoms with Crippen LogP contribution in [0.1, 0.15) is 32.3 Å². The van der Waals surface area contributed by atoms with Gasteiger partial charge in [-0.25, -0.2) is 9.59 Å². The second kappa shape index (κ2) is 13.3. The first-order chi connectivity index (χ1) is 17.7. The zero-order valence-corrected chi connectivity index (χ0v) is 22.2. The van der Waals surface area contributed by atoms with Gasteiger partial charge < -0.3 is 35.2 Å². The van der Waals surface area contributed by atoms with E-state index in [4.69, 9.17) is 9.47 Å². The minimum atomic E-state index is -0.952. The first kappa shape index (κ1) is 28.2. The van der Waals surface area contributed by atoms with E-state index >= 15 is 0 Å². The first-order valence-electron chi connectivity index (χ1n) is 12.9. The molecule has 4 amide bonds. The van der Waals surface area contributed by atoms with E-state index in [0.717, 1.165) is 31.5 Å². The Morgan fingerprint density at radius 2 is 1.70 bits per heavy atom. The van der Waals surface area contributed by atoms with Crippen molar-refractivity contribution < 1.29 is 34.0 Å². The smallest absolute Gasteiger partial charge is 0.328 e. The van der Waals surface area contributed by atoms with Gasteiger partial charge in [-0.3, -0.25) is 9.59 Å². The summed E-state index contributed by atoms with van der Waals surface area (Å²) in [5.74, 6) is -0.607. The zero-order valence-electron chi connectivity index (χ0n) is 22.2. The Balaban J connectivity index is 1.79. The fourth-order valence-electron chi connectivity index (χ4n) is 4.80. The van der Waals surface area contributed by atoms with Crippen molar-refractivity contribution in [3.63, 3.8) is 0 Å². The highest BCUT2D eigenvalue weighted by atomic mass is 16.5. The molecule has 0 saturated carbocycles. The predicted molar refractivity (Wildman–Crippen MR) is 136 cm³/mol. The van der Waals surface area contributed by atoms with E-state index < -0.39 is 24.0 Å². The highest BCUT2D eigenvalue weighted by Crippen LogP contribution is 2.20. The molecule has 2 aliphatic heterocycles. The Bertz CT molecular complexity index is 947. The van der Waals surface area contributed by atoms with E-state index in [1.54, 1.807) is 29.0 Å². The Morgan fingerprint density at radius 3 is 2.30 bits per heavy atom. The normalized spacial score (nSPS) is 19.2. The van der Waals surface area contributed by atoms with Crippen LogP contribution in [-0.2, 0) is 25.5 Å². The van der Waals surface area contributed by atoms with E-state index in [9.17, 15) is 19.2 Å². The maximum absolute atomic E-state index is 13.6. The van der Waals surface area contributed by atoms with E-state index in [1.165, 1.54) is 7.11 Å². The lowest BCUT2D eigenvalue weighted by Gasteiger charge is -2.42. The number of nitrogens with one attached hydrogen (secondary N) is 2. The van der Waals surface area contributed by atoms with Gasteiger partial charge in [0.15, 0.2) is 0 Å². The number of benzene rings is 1. The van der Waals surface area contributed by atoms with Gasteiger partial charge in [0.2, 0.25) is 11.8 Å². The van der Waals surface area contributed by atoms with Gasteiger partial charge in [-0.2, -0.15) is 0 Å². The molecule has 11 nitrogen and oxygen atoms in total. The largest absolute Gasteiger partial charge is 0.497 e. The Kier molecular flexibility index (Phi) is 10.1. The number of ether oxygens (including phenoxy) is 2. The van der Waals surface area contributed by atoms with Crippen LogP contribution < -0.4 is 20.7 Å². The predicted octanol–water partition coefficient (Wildman–Crippen LogP) is -0.500. The summed E-state index contributed by atoms with van der Waals surface area (Å²) < 4.78 is 10.1. The average Bonchev–Trinajstić information content (AvgIpc) is 2.91. The summed E-state index contributed by atoms with van der Waals surface area (Å²) in [7, 11) is 2.84. The molecule has 4 N–H and O–H groups in total. The topological polar surface area (TPSA) is 134 Å². The molecule has 2 saturated heterocycles. The minimum Gasteiger partial charge on any atom is -0.497 e. The molecule has 0 radical (unpaired) electrons. The Hall–Kier alpha value is -3.34. The number of methoxy groups -OCH3 is 2. The molecule has 2 heterocycles. The third-order valence-corrected chi connectivity index (χ3v) is 6.85. The number of esters is 1. The molecule has 0 unspecified atom stereocenters. The molecule has 0 aliphatic carbocycles. The molecule has 2 fully saturated rings. The van der Waals surface area contributed by atoms with Gasteiger partial charge in [0.25, 0.3) is 0 Å². The standard InChI is InChI=1S/C26H39N5O6/c1-17(2)28-26(35)30-13-14-31(24(33)19-9-11-27-12-10-19)22(16-30)23(32)29-21(25(34)37-4)15-18-5-7-20(36-3)8-6-18/h5-8,17,19,21-22,27H,9-16H2,1-4H3,(H,28,35)(H,29,32)/p+1/t21-,22-/m0/s1. The molecule has 3 rings (SSSR count). The summed E-state index contributed by atoms with van der Waals surface area (Å²) in [6.07, 6.45) is 1.71. The van der Waals surface area contributed by atoms with Gasteiger partial charge in [0.1, 0.15) is 17.8 Å². The molecule has 0 spiro atoms. The molecule has 37 heavy (non-hydrogen) atoms. The minimum absolute atomic E-state index is 0.0470. The Morgan fingerprint density at radius 1 is 1.03 bits per heavy atom. The van der Waals surface area contributed by atoms with Gasteiger partial charge in [0.05, 0.1) is 33.9 Å². The van der Waals surface area contributed by atoms with Gasteiger partial charge >= 0.3 is 12.0 Å². The van der Waals surface area contributed by atoms with Crippen LogP contribution in [0.3, 0.4) is 0 Å². The molecule has 2 atom stereocenters. The monoisotopic (exact) mass is 518 g/mol. The molecule has 1 aromatic rings. The molecule has 0 bridgehead atoms. The van der Waals surface area contributed by atoms with E-state index in [-0.39, 0.29) is 43.4 Å². The number of nitrogens with zero attached hydrogens (tertiary/aromatic N) is 2. The molecule has 204 valence electrons. The van der Waals surface area contributed by atoms with E-state index in [1.807, 2.05) is 26.0 Å². The first-order valence-corrected chi connectivity index (χ1v) is 12.9. The van der Waals surface area contributed by atoms with Crippen LogP contribution in [-0.4, -0.2) is 98.7 Å². The van der Waals surface area contributed by atoms with Crippen LogP contribution in [0.25, 0.3) is 0 Å². The summed E-state index contributed by atoms with van der Waals surface area (Å²) in [4.78, 5) is 55.5. The lowest BCUT2D eigenvalue weighted by Crippen LogP contribution is -2.86. The summed E-state index contributed by atoms with van der Waals surface area (Å²) >= 11 is 0. The molecular formula is C26H40N5O6+. The number of hydrogen-bond donors (Lipinski definition) is 3. The van der Waals surface area contributed by atoms with Crippen LogP contribution in [0.2, 0.25) is 0 Å². The van der Waals surface area contributed by atoms with Crippen molar-refractivity contribution in [1.82, 2.24) is 20.4 Å².